The molecule has 0 aliphatic heterocycles. The van der Waals surface area contributed by atoms with Gasteiger partial charge in [0.25, 0.3) is 0 Å². The average Bonchev–Trinajstić information content (AvgIpc) is 2.58. The molecule has 0 saturated carbocycles. The first kappa shape index (κ1) is 11.5. The minimum absolute atomic E-state index is 0.472. The minimum atomic E-state index is 0.472. The van der Waals surface area contributed by atoms with Crippen LogP contribution in [-0.4, -0.2) is 9.78 Å². The van der Waals surface area contributed by atoms with E-state index in [9.17, 15) is 0 Å². The van der Waals surface area contributed by atoms with Gasteiger partial charge >= 0.3 is 0 Å². The number of nitrogens with zero attached hydrogens (tertiary/aromatic N) is 2. The van der Waals surface area contributed by atoms with Gasteiger partial charge in [-0.15, -0.1) is 0 Å². The maximum atomic E-state index is 5.94. The average molecular weight is 256 g/mol. The number of hydrogen-bond donors (Lipinski definition) is 1. The van der Waals surface area contributed by atoms with Gasteiger partial charge in [0, 0.05) is 27.8 Å². The summed E-state index contributed by atoms with van der Waals surface area (Å²) in [5.74, 6) is 0. The second kappa shape index (κ2) is 4.45. The van der Waals surface area contributed by atoms with Gasteiger partial charge in [0.1, 0.15) is 0 Å². The van der Waals surface area contributed by atoms with Crippen LogP contribution in [0.4, 0.5) is 0 Å². The van der Waals surface area contributed by atoms with Crippen molar-refractivity contribution in [2.24, 2.45) is 5.73 Å². The molecule has 3 nitrogen and oxygen atoms in total. The van der Waals surface area contributed by atoms with Crippen LogP contribution in [0.3, 0.4) is 0 Å². The maximum Gasteiger partial charge on any atom is 0.0678 e. The van der Waals surface area contributed by atoms with Gasteiger partial charge in [0.15, 0.2) is 0 Å². The first-order chi connectivity index (χ1) is 7.61. The second-order valence-electron chi connectivity index (χ2n) is 3.50. The predicted octanol–water partition coefficient (Wildman–Crippen LogP) is 2.95. The third kappa shape index (κ3) is 2.07. The van der Waals surface area contributed by atoms with E-state index >= 15 is 0 Å². The molecule has 0 amide bonds. The summed E-state index contributed by atoms with van der Waals surface area (Å²) in [6.45, 7) is 2.43. The van der Waals surface area contributed by atoms with Crippen molar-refractivity contribution >= 4 is 23.2 Å². The lowest BCUT2D eigenvalue weighted by Crippen LogP contribution is -2.02. The van der Waals surface area contributed by atoms with Crippen LogP contribution >= 0.6 is 23.2 Å². The standard InChI is InChI=1S/C11H11Cl2N3/c1-7-8(5-14)6-15-16(7)11-3-9(12)2-10(13)4-11/h2-4,6H,5,14H2,1H3. The van der Waals surface area contributed by atoms with Crippen LogP contribution in [0.2, 0.25) is 10.0 Å². The van der Waals surface area contributed by atoms with E-state index in [2.05, 4.69) is 5.10 Å². The van der Waals surface area contributed by atoms with Crippen molar-refractivity contribution < 1.29 is 0 Å². The predicted molar refractivity (Wildman–Crippen MR) is 66.2 cm³/mol. The van der Waals surface area contributed by atoms with Gasteiger partial charge in [0.05, 0.1) is 11.9 Å². The zero-order chi connectivity index (χ0) is 11.7. The summed E-state index contributed by atoms with van der Waals surface area (Å²) in [7, 11) is 0. The highest BCUT2D eigenvalue weighted by Gasteiger charge is 2.07. The van der Waals surface area contributed by atoms with Crippen LogP contribution < -0.4 is 5.73 Å². The fraction of sp³-hybridized carbons (Fsp3) is 0.182. The van der Waals surface area contributed by atoms with Crippen molar-refractivity contribution in [3.05, 3.63) is 45.7 Å². The van der Waals surface area contributed by atoms with Gasteiger partial charge in [-0.25, -0.2) is 4.68 Å². The first-order valence-corrected chi connectivity index (χ1v) is 5.57. The Morgan fingerprint density at radius 1 is 1.25 bits per heavy atom. The lowest BCUT2D eigenvalue weighted by atomic mass is 10.2. The zero-order valence-electron chi connectivity index (χ0n) is 8.74. The van der Waals surface area contributed by atoms with Gasteiger partial charge in [-0.1, -0.05) is 23.2 Å². The Bertz CT molecular complexity index is 500. The SMILES string of the molecule is Cc1c(CN)cnn1-c1cc(Cl)cc(Cl)c1. The highest BCUT2D eigenvalue weighted by Crippen LogP contribution is 2.23. The van der Waals surface area contributed by atoms with Crippen LogP contribution in [0.5, 0.6) is 0 Å². The minimum Gasteiger partial charge on any atom is -0.326 e. The molecule has 84 valence electrons. The fourth-order valence-corrected chi connectivity index (χ4v) is 2.08. The monoisotopic (exact) mass is 255 g/mol. The van der Waals surface area contributed by atoms with E-state index in [0.29, 0.717) is 16.6 Å². The molecule has 0 saturated heterocycles. The summed E-state index contributed by atoms with van der Waals surface area (Å²) in [5, 5.41) is 5.44. The molecule has 0 unspecified atom stereocenters. The Morgan fingerprint density at radius 2 is 1.88 bits per heavy atom. The third-order valence-corrected chi connectivity index (χ3v) is 2.86. The van der Waals surface area contributed by atoms with E-state index in [1.807, 2.05) is 19.1 Å². The summed E-state index contributed by atoms with van der Waals surface area (Å²) in [6.07, 6.45) is 1.75. The van der Waals surface area contributed by atoms with Crippen molar-refractivity contribution in [2.45, 2.75) is 13.5 Å². The molecule has 2 rings (SSSR count). The topological polar surface area (TPSA) is 43.8 Å². The van der Waals surface area contributed by atoms with Gasteiger partial charge in [-0.3, -0.25) is 0 Å². The quantitative estimate of drug-likeness (QED) is 0.897. The number of benzene rings is 1. The molecule has 0 fully saturated rings. The maximum absolute atomic E-state index is 5.94. The highest BCUT2D eigenvalue weighted by molar-refractivity contribution is 6.34. The number of aromatic nitrogens is 2. The van der Waals surface area contributed by atoms with E-state index in [0.717, 1.165) is 16.9 Å². The van der Waals surface area contributed by atoms with E-state index in [-0.39, 0.29) is 0 Å². The van der Waals surface area contributed by atoms with Crippen molar-refractivity contribution in [3.8, 4) is 5.69 Å². The Labute approximate surface area is 104 Å². The number of hydrogen-bond acceptors (Lipinski definition) is 2. The Morgan fingerprint density at radius 3 is 2.38 bits per heavy atom. The summed E-state index contributed by atoms with van der Waals surface area (Å²) >= 11 is 11.9. The van der Waals surface area contributed by atoms with E-state index in [4.69, 9.17) is 28.9 Å². The molecule has 2 N–H and O–H groups in total. The summed E-state index contributed by atoms with van der Waals surface area (Å²) < 4.78 is 1.78. The van der Waals surface area contributed by atoms with Gasteiger partial charge in [0.2, 0.25) is 0 Å². The smallest absolute Gasteiger partial charge is 0.0678 e. The molecular weight excluding hydrogens is 245 g/mol. The van der Waals surface area contributed by atoms with Crippen LogP contribution in [0, 0.1) is 6.92 Å². The van der Waals surface area contributed by atoms with Gasteiger partial charge in [-0.2, -0.15) is 5.10 Å². The van der Waals surface area contributed by atoms with Gasteiger partial charge < -0.3 is 5.73 Å². The number of nitrogens with two attached hydrogens (primary N) is 1. The number of halogens is 2. The summed E-state index contributed by atoms with van der Waals surface area (Å²) in [5.41, 5.74) is 8.45. The van der Waals surface area contributed by atoms with Crippen molar-refractivity contribution in [1.29, 1.82) is 0 Å². The highest BCUT2D eigenvalue weighted by atomic mass is 35.5. The van der Waals surface area contributed by atoms with Gasteiger partial charge in [-0.05, 0) is 25.1 Å². The van der Waals surface area contributed by atoms with Crippen molar-refractivity contribution in [3.63, 3.8) is 0 Å². The Kier molecular flexibility index (Phi) is 3.19. The molecule has 0 bridgehead atoms. The normalized spacial score (nSPS) is 10.8. The molecule has 1 aromatic heterocycles. The Hall–Kier alpha value is -1.03. The van der Waals surface area contributed by atoms with Crippen LogP contribution in [0.1, 0.15) is 11.3 Å². The van der Waals surface area contributed by atoms with Crippen molar-refractivity contribution in [2.75, 3.05) is 0 Å². The summed E-state index contributed by atoms with van der Waals surface area (Å²) in [4.78, 5) is 0. The second-order valence-corrected chi connectivity index (χ2v) is 4.37. The van der Waals surface area contributed by atoms with Crippen molar-refractivity contribution in [1.82, 2.24) is 9.78 Å². The molecule has 0 atom stereocenters. The lowest BCUT2D eigenvalue weighted by molar-refractivity contribution is 0.843. The lowest BCUT2D eigenvalue weighted by Gasteiger charge is -2.06. The molecule has 5 heteroatoms. The third-order valence-electron chi connectivity index (χ3n) is 2.42. The molecule has 2 aromatic rings. The molecular formula is C11H11Cl2N3. The molecule has 0 aliphatic carbocycles. The van der Waals surface area contributed by atoms with Crippen LogP contribution in [-0.2, 0) is 6.54 Å². The van der Waals surface area contributed by atoms with E-state index < -0.39 is 0 Å². The van der Waals surface area contributed by atoms with Crippen LogP contribution in [0.25, 0.3) is 5.69 Å². The zero-order valence-corrected chi connectivity index (χ0v) is 10.3. The molecule has 0 radical (unpaired) electrons. The molecule has 0 aliphatic rings. The number of rotatable bonds is 2. The Balaban J connectivity index is 2.54. The van der Waals surface area contributed by atoms with Crippen LogP contribution in [0.15, 0.2) is 24.4 Å². The van der Waals surface area contributed by atoms with E-state index in [1.54, 1.807) is 16.9 Å². The largest absolute Gasteiger partial charge is 0.326 e. The molecule has 1 aromatic carbocycles. The summed E-state index contributed by atoms with van der Waals surface area (Å²) in [6, 6.07) is 5.32. The molecule has 1 heterocycles. The fourth-order valence-electron chi connectivity index (χ4n) is 1.57. The molecule has 0 spiro atoms. The van der Waals surface area contributed by atoms with E-state index in [1.165, 1.54) is 0 Å². The molecule has 16 heavy (non-hydrogen) atoms. The first-order valence-electron chi connectivity index (χ1n) is 4.82.